The Bertz CT molecular complexity index is 1510. The van der Waals surface area contributed by atoms with Gasteiger partial charge in [-0.05, 0) is 6.07 Å². The number of aromatic nitrogens is 5. The van der Waals surface area contributed by atoms with E-state index < -0.39 is 23.3 Å². The molecule has 4 aromatic heterocycles. The highest BCUT2D eigenvalue weighted by Crippen LogP contribution is 2.36. The summed E-state index contributed by atoms with van der Waals surface area (Å²) in [6.45, 7) is 0. The van der Waals surface area contributed by atoms with Crippen LogP contribution >= 0.6 is 22.9 Å². The van der Waals surface area contributed by atoms with Gasteiger partial charge in [-0.1, -0.05) is 35.9 Å². The van der Waals surface area contributed by atoms with Crippen LogP contribution in [0.4, 0.5) is 18.9 Å². The lowest BCUT2D eigenvalue weighted by atomic mass is 10.1. The second-order valence-corrected chi connectivity index (χ2v) is 8.34. The molecule has 0 atom stereocenters. The van der Waals surface area contributed by atoms with E-state index in [2.05, 4.69) is 25.4 Å². The molecule has 0 aliphatic rings. The Kier molecular flexibility index (Phi) is 5.50. The van der Waals surface area contributed by atoms with Crippen LogP contribution in [0.2, 0.25) is 5.02 Å². The topological polar surface area (TPSA) is 85.6 Å². The van der Waals surface area contributed by atoms with Crippen molar-refractivity contribution in [3.8, 4) is 16.4 Å². The number of pyridine rings is 2. The smallest absolute Gasteiger partial charge is 0.320 e. The molecule has 34 heavy (non-hydrogen) atoms. The van der Waals surface area contributed by atoms with E-state index in [1.807, 2.05) is 0 Å². The molecule has 12 heteroatoms. The summed E-state index contributed by atoms with van der Waals surface area (Å²) in [4.78, 5) is 25.2. The fourth-order valence-corrected chi connectivity index (χ4v) is 4.40. The number of anilines is 1. The lowest BCUT2D eigenvalue weighted by Crippen LogP contribution is -2.21. The first-order valence-electron chi connectivity index (χ1n) is 9.68. The normalized spacial score (nSPS) is 11.6. The summed E-state index contributed by atoms with van der Waals surface area (Å²) in [5.74, 6) is -1.01. The molecule has 0 fully saturated rings. The number of thiazole rings is 1. The maximum absolute atomic E-state index is 14.1. The monoisotopic (exact) mass is 500 g/mol. The fraction of sp³-hybridized carbons (Fsp3) is 0.0455. The van der Waals surface area contributed by atoms with Crippen LogP contribution in [0.1, 0.15) is 16.1 Å². The van der Waals surface area contributed by atoms with E-state index >= 15 is 0 Å². The number of amides is 1. The van der Waals surface area contributed by atoms with Gasteiger partial charge in [0.25, 0.3) is 5.91 Å². The van der Waals surface area contributed by atoms with Crippen LogP contribution in [0.25, 0.3) is 27.2 Å². The van der Waals surface area contributed by atoms with Gasteiger partial charge in [0.15, 0.2) is 5.69 Å². The first-order valence-corrected chi connectivity index (χ1v) is 10.9. The second kappa shape index (κ2) is 8.50. The van der Waals surface area contributed by atoms with Gasteiger partial charge in [0.1, 0.15) is 10.7 Å². The van der Waals surface area contributed by atoms with Crippen LogP contribution < -0.4 is 5.32 Å². The molecule has 1 N–H and O–H groups in total. The van der Waals surface area contributed by atoms with E-state index in [4.69, 9.17) is 11.6 Å². The molecule has 7 nitrogen and oxygen atoms in total. The first-order chi connectivity index (χ1) is 16.3. The quantitative estimate of drug-likeness (QED) is 0.334. The Labute approximate surface area is 198 Å². The predicted octanol–water partition coefficient (Wildman–Crippen LogP) is 5.86. The van der Waals surface area contributed by atoms with Gasteiger partial charge in [0, 0.05) is 28.5 Å². The van der Waals surface area contributed by atoms with Crippen LogP contribution in [0.15, 0.2) is 66.7 Å². The highest BCUT2D eigenvalue weighted by Gasteiger charge is 2.41. The summed E-state index contributed by atoms with van der Waals surface area (Å²) in [6.07, 6.45) is 1.70. The Morgan fingerprint density at radius 1 is 1.09 bits per heavy atom. The lowest BCUT2D eigenvalue weighted by Gasteiger charge is -2.14. The van der Waals surface area contributed by atoms with Gasteiger partial charge < -0.3 is 5.32 Å². The second-order valence-electron chi connectivity index (χ2n) is 7.04. The molecule has 4 heterocycles. The van der Waals surface area contributed by atoms with E-state index in [-0.39, 0.29) is 16.4 Å². The molecule has 170 valence electrons. The van der Waals surface area contributed by atoms with Gasteiger partial charge in [0.05, 0.1) is 40.6 Å². The molecule has 0 unspecified atom stereocenters. The standard InChI is InChI=1S/C22H12ClF3N6OS/c23-16-7-13(9-29-18(16)21-28-5-6-34-21)31-20(33)15-10-30-32(19(15)22(24,25)26)17-11-27-8-12-3-1-2-4-14(12)17/h1-11H,(H,31,33). The third kappa shape index (κ3) is 3.99. The van der Waals surface area contributed by atoms with E-state index in [0.29, 0.717) is 26.2 Å². The van der Waals surface area contributed by atoms with Crippen molar-refractivity contribution in [1.29, 1.82) is 0 Å². The van der Waals surface area contributed by atoms with Gasteiger partial charge in [-0.2, -0.15) is 18.3 Å². The Hall–Kier alpha value is -3.83. The predicted molar refractivity (Wildman–Crippen MR) is 122 cm³/mol. The number of benzene rings is 1. The number of nitrogens with zero attached hydrogens (tertiary/aromatic N) is 5. The number of hydrogen-bond acceptors (Lipinski definition) is 6. The number of rotatable bonds is 4. The van der Waals surface area contributed by atoms with Crippen molar-refractivity contribution in [1.82, 2.24) is 24.7 Å². The molecule has 0 saturated heterocycles. The molecule has 0 bridgehead atoms. The molecular weight excluding hydrogens is 489 g/mol. The summed E-state index contributed by atoms with van der Waals surface area (Å²) in [5, 5.41) is 9.96. The third-order valence-electron chi connectivity index (χ3n) is 4.89. The zero-order chi connectivity index (χ0) is 23.9. The molecule has 5 aromatic rings. The van der Waals surface area contributed by atoms with Crippen molar-refractivity contribution in [3.05, 3.63) is 83.0 Å². The van der Waals surface area contributed by atoms with E-state index in [0.717, 1.165) is 6.20 Å². The number of hydrogen-bond donors (Lipinski definition) is 1. The highest BCUT2D eigenvalue weighted by molar-refractivity contribution is 7.13. The van der Waals surface area contributed by atoms with Crippen LogP contribution in [0, 0.1) is 0 Å². The summed E-state index contributed by atoms with van der Waals surface area (Å²) < 4.78 is 43.0. The van der Waals surface area contributed by atoms with Crippen molar-refractivity contribution in [2.75, 3.05) is 5.32 Å². The molecule has 1 amide bonds. The molecule has 5 rings (SSSR count). The fourth-order valence-electron chi connectivity index (χ4n) is 3.44. The molecule has 1 aromatic carbocycles. The minimum absolute atomic E-state index is 0.0991. The van der Waals surface area contributed by atoms with Gasteiger partial charge in [0.2, 0.25) is 0 Å². The highest BCUT2D eigenvalue weighted by atomic mass is 35.5. The zero-order valence-corrected chi connectivity index (χ0v) is 18.5. The maximum atomic E-state index is 14.1. The Morgan fingerprint density at radius 2 is 1.91 bits per heavy atom. The van der Waals surface area contributed by atoms with Crippen molar-refractivity contribution in [3.63, 3.8) is 0 Å². The summed E-state index contributed by atoms with van der Waals surface area (Å²) in [7, 11) is 0. The first kappa shape index (κ1) is 22.0. The molecule has 0 aliphatic heterocycles. The van der Waals surface area contributed by atoms with Gasteiger partial charge in [-0.3, -0.25) is 9.78 Å². The summed E-state index contributed by atoms with van der Waals surface area (Å²) in [5.41, 5.74) is -1.24. The average Bonchev–Trinajstić information content (AvgIpc) is 3.49. The largest absolute Gasteiger partial charge is 0.434 e. The number of nitrogens with one attached hydrogen (secondary N) is 1. The molecule has 0 aliphatic carbocycles. The van der Waals surface area contributed by atoms with Gasteiger partial charge in [-0.25, -0.2) is 14.6 Å². The number of carbonyl (C=O) groups excluding carboxylic acids is 1. The number of carbonyl (C=O) groups is 1. The van der Waals surface area contributed by atoms with Crippen molar-refractivity contribution < 1.29 is 18.0 Å². The van der Waals surface area contributed by atoms with Crippen molar-refractivity contribution >= 4 is 45.3 Å². The van der Waals surface area contributed by atoms with Crippen LogP contribution in [0.3, 0.4) is 0 Å². The van der Waals surface area contributed by atoms with E-state index in [1.165, 1.54) is 36.0 Å². The number of halogens is 4. The van der Waals surface area contributed by atoms with Crippen molar-refractivity contribution in [2.45, 2.75) is 6.18 Å². The summed E-state index contributed by atoms with van der Waals surface area (Å²) >= 11 is 7.57. The van der Waals surface area contributed by atoms with Gasteiger partial charge in [-0.15, -0.1) is 11.3 Å². The minimum atomic E-state index is -4.87. The number of fused-ring (bicyclic) bond motifs is 1. The molecular formula is C22H12ClF3N6OS. The third-order valence-corrected chi connectivity index (χ3v) is 5.96. The molecule has 0 radical (unpaired) electrons. The summed E-state index contributed by atoms with van der Waals surface area (Å²) in [6, 6.07) is 8.23. The van der Waals surface area contributed by atoms with E-state index in [1.54, 1.807) is 35.8 Å². The SMILES string of the molecule is O=C(Nc1cnc(-c2nccs2)c(Cl)c1)c1cnn(-c2cncc3ccccc23)c1C(F)(F)F. The van der Waals surface area contributed by atoms with Crippen LogP contribution in [-0.2, 0) is 6.18 Å². The average molecular weight is 501 g/mol. The zero-order valence-electron chi connectivity index (χ0n) is 16.9. The number of alkyl halides is 3. The van der Waals surface area contributed by atoms with Crippen LogP contribution in [0.5, 0.6) is 0 Å². The minimum Gasteiger partial charge on any atom is -0.320 e. The Balaban J connectivity index is 1.53. The van der Waals surface area contributed by atoms with Crippen molar-refractivity contribution in [2.24, 2.45) is 0 Å². The maximum Gasteiger partial charge on any atom is 0.434 e. The van der Waals surface area contributed by atoms with Gasteiger partial charge >= 0.3 is 6.18 Å². The molecule has 0 spiro atoms. The van der Waals surface area contributed by atoms with E-state index in [9.17, 15) is 18.0 Å². The van der Waals surface area contributed by atoms with Crippen LogP contribution in [-0.4, -0.2) is 30.6 Å². The molecule has 0 saturated carbocycles. The Morgan fingerprint density at radius 3 is 2.65 bits per heavy atom. The lowest BCUT2D eigenvalue weighted by molar-refractivity contribution is -0.143.